The van der Waals surface area contributed by atoms with Crippen molar-refractivity contribution in [3.8, 4) is 0 Å². The van der Waals surface area contributed by atoms with Gasteiger partial charge in [-0.1, -0.05) is 27.7 Å². The van der Waals surface area contributed by atoms with Crippen LogP contribution in [-0.2, 0) is 10.3 Å². The standard InChI is InChI=1S/C20H35N3O2/c1-14(2)9-11-25-16-8-10-22(13-16)19(24)17-12-18(15(3)4)23(21-17)20(5,6)7/h12,14-16H,8-11,13H2,1-7H3/t16-/m1/s1. The van der Waals surface area contributed by atoms with Crippen molar-refractivity contribution in [1.82, 2.24) is 14.7 Å². The number of carbonyl (C=O) groups is 1. The van der Waals surface area contributed by atoms with Crippen LogP contribution in [0, 0.1) is 5.92 Å². The van der Waals surface area contributed by atoms with Gasteiger partial charge in [0.05, 0.1) is 11.6 Å². The van der Waals surface area contributed by atoms with Crippen molar-refractivity contribution in [2.75, 3.05) is 19.7 Å². The van der Waals surface area contributed by atoms with E-state index in [1.807, 2.05) is 15.6 Å². The van der Waals surface area contributed by atoms with Crippen LogP contribution in [-0.4, -0.2) is 46.4 Å². The Bertz CT molecular complexity index is 584. The number of likely N-dealkylation sites (tertiary alicyclic amines) is 1. The Morgan fingerprint density at radius 3 is 2.52 bits per heavy atom. The van der Waals surface area contributed by atoms with Crippen LogP contribution < -0.4 is 0 Å². The van der Waals surface area contributed by atoms with Crippen LogP contribution in [0.25, 0.3) is 0 Å². The van der Waals surface area contributed by atoms with Crippen LogP contribution >= 0.6 is 0 Å². The molecule has 25 heavy (non-hydrogen) atoms. The van der Waals surface area contributed by atoms with Crippen molar-refractivity contribution >= 4 is 5.91 Å². The van der Waals surface area contributed by atoms with Crippen molar-refractivity contribution in [2.45, 2.75) is 78.9 Å². The maximum atomic E-state index is 12.9. The maximum absolute atomic E-state index is 12.9. The Kier molecular flexibility index (Phi) is 6.30. The normalized spacial score (nSPS) is 18.6. The molecule has 1 aromatic rings. The first-order chi connectivity index (χ1) is 11.6. The molecule has 1 aliphatic rings. The summed E-state index contributed by atoms with van der Waals surface area (Å²) in [4.78, 5) is 14.8. The molecular weight excluding hydrogens is 314 g/mol. The highest BCUT2D eigenvalue weighted by Crippen LogP contribution is 2.25. The lowest BCUT2D eigenvalue weighted by Crippen LogP contribution is -2.31. The summed E-state index contributed by atoms with van der Waals surface area (Å²) in [5, 5.41) is 4.64. The van der Waals surface area contributed by atoms with Gasteiger partial charge in [-0.2, -0.15) is 5.10 Å². The quantitative estimate of drug-likeness (QED) is 0.779. The third kappa shape index (κ3) is 5.06. The SMILES string of the molecule is CC(C)CCO[C@@H]1CCN(C(=O)c2cc(C(C)C)n(C(C)(C)C)n2)C1. The Labute approximate surface area is 152 Å². The van der Waals surface area contributed by atoms with E-state index >= 15 is 0 Å². The summed E-state index contributed by atoms with van der Waals surface area (Å²) in [5.74, 6) is 1.01. The van der Waals surface area contributed by atoms with Crippen molar-refractivity contribution in [3.05, 3.63) is 17.5 Å². The molecule has 0 spiro atoms. The van der Waals surface area contributed by atoms with E-state index in [9.17, 15) is 4.79 Å². The second kappa shape index (κ2) is 7.90. The fraction of sp³-hybridized carbons (Fsp3) is 0.800. The number of ether oxygens (including phenoxy) is 1. The third-order valence-electron chi connectivity index (χ3n) is 4.66. The minimum absolute atomic E-state index is 0.0276. The molecule has 1 saturated heterocycles. The summed E-state index contributed by atoms with van der Waals surface area (Å²) in [6.07, 6.45) is 2.15. The molecule has 5 nitrogen and oxygen atoms in total. The summed E-state index contributed by atoms with van der Waals surface area (Å²) in [7, 11) is 0. The third-order valence-corrected chi connectivity index (χ3v) is 4.66. The van der Waals surface area contributed by atoms with Crippen LogP contribution in [0.2, 0.25) is 0 Å². The molecule has 0 radical (unpaired) electrons. The number of carbonyl (C=O) groups excluding carboxylic acids is 1. The number of rotatable bonds is 6. The highest BCUT2D eigenvalue weighted by Gasteiger charge is 2.30. The molecular formula is C20H35N3O2. The molecule has 0 saturated carbocycles. The molecule has 1 amide bonds. The largest absolute Gasteiger partial charge is 0.376 e. The predicted octanol–water partition coefficient (Wildman–Crippen LogP) is 4.04. The maximum Gasteiger partial charge on any atom is 0.274 e. The highest BCUT2D eigenvalue weighted by atomic mass is 16.5. The molecule has 2 rings (SSSR count). The topological polar surface area (TPSA) is 47.4 Å². The van der Waals surface area contributed by atoms with E-state index in [0.29, 0.717) is 24.1 Å². The Morgan fingerprint density at radius 1 is 1.32 bits per heavy atom. The van der Waals surface area contributed by atoms with Crippen molar-refractivity contribution < 1.29 is 9.53 Å². The first kappa shape index (κ1) is 20.0. The molecule has 5 heteroatoms. The average molecular weight is 350 g/mol. The summed E-state index contributed by atoms with van der Waals surface area (Å²) >= 11 is 0. The van der Waals surface area contributed by atoms with Crippen LogP contribution in [0.1, 0.15) is 83.4 Å². The summed E-state index contributed by atoms with van der Waals surface area (Å²) < 4.78 is 7.93. The second-order valence-electron chi connectivity index (χ2n) is 8.91. The number of hydrogen-bond acceptors (Lipinski definition) is 3. The zero-order valence-electron chi connectivity index (χ0n) is 17.0. The van der Waals surface area contributed by atoms with Gasteiger partial charge in [0, 0.05) is 25.4 Å². The first-order valence-corrected chi connectivity index (χ1v) is 9.61. The van der Waals surface area contributed by atoms with Crippen molar-refractivity contribution in [1.29, 1.82) is 0 Å². The van der Waals surface area contributed by atoms with E-state index in [1.165, 1.54) is 0 Å². The van der Waals surface area contributed by atoms with E-state index in [2.05, 4.69) is 53.6 Å². The fourth-order valence-corrected chi connectivity index (χ4v) is 3.13. The van der Waals surface area contributed by atoms with Gasteiger partial charge in [-0.15, -0.1) is 0 Å². The Morgan fingerprint density at radius 2 is 2.00 bits per heavy atom. The molecule has 0 aliphatic carbocycles. The van der Waals surface area contributed by atoms with Crippen molar-refractivity contribution in [3.63, 3.8) is 0 Å². The van der Waals surface area contributed by atoms with Gasteiger partial charge in [-0.25, -0.2) is 0 Å². The lowest BCUT2D eigenvalue weighted by atomic mass is 10.1. The van der Waals surface area contributed by atoms with Gasteiger partial charge in [0.2, 0.25) is 0 Å². The summed E-state index contributed by atoms with van der Waals surface area (Å²) in [6.45, 7) is 17.3. The molecule has 1 aromatic heterocycles. The van der Waals surface area contributed by atoms with E-state index < -0.39 is 0 Å². The average Bonchev–Trinajstić information content (AvgIpc) is 3.12. The predicted molar refractivity (Wildman–Crippen MR) is 101 cm³/mol. The molecule has 0 bridgehead atoms. The molecule has 0 N–H and O–H groups in total. The number of aromatic nitrogens is 2. The van der Waals surface area contributed by atoms with E-state index in [1.54, 1.807) is 0 Å². The molecule has 1 fully saturated rings. The lowest BCUT2D eigenvalue weighted by Gasteiger charge is -2.23. The molecule has 2 heterocycles. The van der Waals surface area contributed by atoms with Gasteiger partial charge in [0.1, 0.15) is 0 Å². The Balaban J connectivity index is 2.04. The molecule has 0 aromatic carbocycles. The monoisotopic (exact) mass is 349 g/mol. The molecule has 1 atom stereocenters. The van der Waals surface area contributed by atoms with Crippen LogP contribution in [0.4, 0.5) is 0 Å². The van der Waals surface area contributed by atoms with Gasteiger partial charge in [-0.05, 0) is 51.5 Å². The molecule has 142 valence electrons. The zero-order chi connectivity index (χ0) is 18.8. The van der Waals surface area contributed by atoms with E-state index in [-0.39, 0.29) is 17.6 Å². The van der Waals surface area contributed by atoms with Gasteiger partial charge in [-0.3, -0.25) is 9.48 Å². The Hall–Kier alpha value is -1.36. The smallest absolute Gasteiger partial charge is 0.274 e. The summed E-state index contributed by atoms with van der Waals surface area (Å²) in [6, 6.07) is 1.96. The summed E-state index contributed by atoms with van der Waals surface area (Å²) in [5.41, 5.74) is 1.53. The minimum atomic E-state index is -0.133. The zero-order valence-corrected chi connectivity index (χ0v) is 17.0. The fourth-order valence-electron chi connectivity index (χ4n) is 3.13. The van der Waals surface area contributed by atoms with Crippen LogP contribution in [0.5, 0.6) is 0 Å². The van der Waals surface area contributed by atoms with E-state index in [0.717, 1.165) is 31.7 Å². The number of hydrogen-bond donors (Lipinski definition) is 0. The molecule has 0 unspecified atom stereocenters. The van der Waals surface area contributed by atoms with E-state index in [4.69, 9.17) is 4.74 Å². The molecule has 1 aliphatic heterocycles. The lowest BCUT2D eigenvalue weighted by molar-refractivity contribution is 0.0482. The van der Waals surface area contributed by atoms with Crippen molar-refractivity contribution in [2.24, 2.45) is 5.92 Å². The van der Waals surface area contributed by atoms with Gasteiger partial charge < -0.3 is 9.64 Å². The van der Waals surface area contributed by atoms with Gasteiger partial charge >= 0.3 is 0 Å². The van der Waals surface area contributed by atoms with Crippen LogP contribution in [0.3, 0.4) is 0 Å². The number of nitrogens with zero attached hydrogens (tertiary/aromatic N) is 3. The van der Waals surface area contributed by atoms with Crippen LogP contribution in [0.15, 0.2) is 6.07 Å². The first-order valence-electron chi connectivity index (χ1n) is 9.61. The number of amides is 1. The second-order valence-corrected chi connectivity index (χ2v) is 8.91. The minimum Gasteiger partial charge on any atom is -0.376 e. The van der Waals surface area contributed by atoms with Gasteiger partial charge in [0.15, 0.2) is 5.69 Å². The highest BCUT2D eigenvalue weighted by molar-refractivity contribution is 5.92. The van der Waals surface area contributed by atoms with Gasteiger partial charge in [0.25, 0.3) is 5.91 Å².